The summed E-state index contributed by atoms with van der Waals surface area (Å²) in [5.74, 6) is -2.63. The number of hydrogen-bond acceptors (Lipinski definition) is 4. The molecule has 0 aromatic heterocycles. The van der Waals surface area contributed by atoms with Crippen molar-refractivity contribution < 1.29 is 23.6 Å². The molecule has 1 aromatic rings. The Hall–Kier alpha value is -2.77. The van der Waals surface area contributed by atoms with Gasteiger partial charge in [-0.05, 0) is 36.5 Å². The third-order valence-electron chi connectivity index (χ3n) is 5.19. The molecule has 1 saturated carbocycles. The molecule has 2 atom stereocenters. The lowest BCUT2D eigenvalue weighted by atomic mass is 9.85. The molecular weight excluding hydrogens is 353 g/mol. The van der Waals surface area contributed by atoms with Gasteiger partial charge in [-0.1, -0.05) is 31.9 Å². The molecular formula is C19H22FN3O4. The van der Waals surface area contributed by atoms with Crippen molar-refractivity contribution >= 4 is 23.8 Å². The Balaban J connectivity index is 1.61. The van der Waals surface area contributed by atoms with Gasteiger partial charge in [0.25, 0.3) is 0 Å². The van der Waals surface area contributed by atoms with Crippen LogP contribution in [0.2, 0.25) is 0 Å². The highest BCUT2D eigenvalue weighted by atomic mass is 19.1. The summed E-state index contributed by atoms with van der Waals surface area (Å²) in [6.07, 6.45) is 3.51. The third-order valence-corrected chi connectivity index (χ3v) is 5.19. The van der Waals surface area contributed by atoms with Crippen molar-refractivity contribution in [1.29, 1.82) is 0 Å². The Bertz CT molecular complexity index is 765. The molecule has 1 aromatic carbocycles. The lowest BCUT2D eigenvalue weighted by molar-refractivity contribution is -0.145. The van der Waals surface area contributed by atoms with Crippen LogP contribution < -0.4 is 5.32 Å². The summed E-state index contributed by atoms with van der Waals surface area (Å²) in [5, 5.41) is 2.57. The zero-order chi connectivity index (χ0) is 19.6. The maximum atomic E-state index is 12.9. The molecule has 1 saturated heterocycles. The van der Waals surface area contributed by atoms with Gasteiger partial charge in [0.15, 0.2) is 0 Å². The molecule has 5 amide bonds. The van der Waals surface area contributed by atoms with Crippen LogP contribution in [-0.4, -0.2) is 46.1 Å². The summed E-state index contributed by atoms with van der Waals surface area (Å²) in [4.78, 5) is 51.0. The predicted molar refractivity (Wildman–Crippen MR) is 93.6 cm³/mol. The number of benzene rings is 1. The van der Waals surface area contributed by atoms with Gasteiger partial charge in [-0.25, -0.2) is 14.1 Å². The number of amides is 5. The van der Waals surface area contributed by atoms with Gasteiger partial charge in [-0.15, -0.1) is 0 Å². The Morgan fingerprint density at radius 1 is 1.11 bits per heavy atom. The van der Waals surface area contributed by atoms with Crippen LogP contribution in [-0.2, 0) is 20.9 Å². The van der Waals surface area contributed by atoms with Gasteiger partial charge < -0.3 is 5.32 Å². The minimum absolute atomic E-state index is 0.131. The fourth-order valence-corrected chi connectivity index (χ4v) is 3.64. The van der Waals surface area contributed by atoms with Gasteiger partial charge >= 0.3 is 17.8 Å². The highest BCUT2D eigenvalue weighted by Crippen LogP contribution is 2.31. The number of imide groups is 2. The number of carbonyl (C=O) groups is 4. The molecule has 0 radical (unpaired) electrons. The summed E-state index contributed by atoms with van der Waals surface area (Å²) < 4.78 is 12.9. The van der Waals surface area contributed by atoms with Crippen LogP contribution in [0.1, 0.15) is 38.2 Å². The molecule has 2 fully saturated rings. The van der Waals surface area contributed by atoms with E-state index in [-0.39, 0.29) is 24.3 Å². The van der Waals surface area contributed by atoms with Gasteiger partial charge in [-0.3, -0.25) is 19.3 Å². The lowest BCUT2D eigenvalue weighted by Crippen LogP contribution is -2.47. The molecule has 2 aliphatic rings. The molecule has 3 rings (SSSR count). The topological polar surface area (TPSA) is 86.8 Å². The number of halogens is 1. The Kier molecular flexibility index (Phi) is 5.53. The molecule has 27 heavy (non-hydrogen) atoms. The second kappa shape index (κ2) is 7.85. The van der Waals surface area contributed by atoms with Crippen molar-refractivity contribution in [3.8, 4) is 0 Å². The van der Waals surface area contributed by atoms with E-state index in [9.17, 15) is 23.6 Å². The number of urea groups is 1. The van der Waals surface area contributed by atoms with E-state index in [1.54, 1.807) is 0 Å². The van der Waals surface area contributed by atoms with E-state index < -0.39 is 30.3 Å². The monoisotopic (exact) mass is 375 g/mol. The van der Waals surface area contributed by atoms with Crippen LogP contribution in [0.4, 0.5) is 9.18 Å². The van der Waals surface area contributed by atoms with Crippen LogP contribution in [0.15, 0.2) is 24.3 Å². The van der Waals surface area contributed by atoms with Gasteiger partial charge in [0.1, 0.15) is 12.4 Å². The zero-order valence-corrected chi connectivity index (χ0v) is 15.1. The molecule has 1 heterocycles. The van der Waals surface area contributed by atoms with Gasteiger partial charge in [0, 0.05) is 12.6 Å². The maximum absolute atomic E-state index is 12.9. The third kappa shape index (κ3) is 3.99. The van der Waals surface area contributed by atoms with Gasteiger partial charge in [0.2, 0.25) is 5.91 Å². The minimum Gasteiger partial charge on any atom is -0.350 e. The van der Waals surface area contributed by atoms with E-state index in [2.05, 4.69) is 5.32 Å². The zero-order valence-electron chi connectivity index (χ0n) is 15.1. The fraction of sp³-hybridized carbons (Fsp3) is 0.474. The average molecular weight is 375 g/mol. The van der Waals surface area contributed by atoms with E-state index >= 15 is 0 Å². The summed E-state index contributed by atoms with van der Waals surface area (Å²) in [6.45, 7) is 1.59. The fourth-order valence-electron chi connectivity index (χ4n) is 3.64. The summed E-state index contributed by atoms with van der Waals surface area (Å²) in [6, 6.07) is 4.58. The Morgan fingerprint density at radius 2 is 1.78 bits per heavy atom. The smallest absolute Gasteiger partial charge is 0.334 e. The molecule has 0 bridgehead atoms. The first-order chi connectivity index (χ1) is 12.9. The van der Waals surface area contributed by atoms with Gasteiger partial charge in [0.05, 0.1) is 0 Å². The predicted octanol–water partition coefficient (Wildman–Crippen LogP) is 1.81. The van der Waals surface area contributed by atoms with E-state index in [1.165, 1.54) is 24.3 Å². The molecule has 1 aliphatic carbocycles. The number of rotatable bonds is 5. The quantitative estimate of drug-likeness (QED) is 0.628. The number of nitrogens with zero attached hydrogens (tertiary/aromatic N) is 2. The Morgan fingerprint density at radius 3 is 2.44 bits per heavy atom. The first-order valence-corrected chi connectivity index (χ1v) is 9.08. The summed E-state index contributed by atoms with van der Waals surface area (Å²) in [7, 11) is 0. The Labute approximate surface area is 156 Å². The molecule has 0 spiro atoms. The molecule has 1 aliphatic heterocycles. The van der Waals surface area contributed by atoms with E-state index in [0.717, 1.165) is 24.2 Å². The summed E-state index contributed by atoms with van der Waals surface area (Å²) in [5.41, 5.74) is 0.678. The van der Waals surface area contributed by atoms with E-state index in [4.69, 9.17) is 0 Å². The molecule has 144 valence electrons. The van der Waals surface area contributed by atoms with Crippen molar-refractivity contribution in [2.75, 3.05) is 6.54 Å². The number of nitrogens with one attached hydrogen (secondary N) is 1. The first kappa shape index (κ1) is 19.0. The largest absolute Gasteiger partial charge is 0.350 e. The average Bonchev–Trinajstić information content (AvgIpc) is 2.85. The normalized spacial score (nSPS) is 23.1. The minimum atomic E-state index is -0.963. The summed E-state index contributed by atoms with van der Waals surface area (Å²) >= 11 is 0. The van der Waals surface area contributed by atoms with Gasteiger partial charge in [-0.2, -0.15) is 0 Å². The van der Waals surface area contributed by atoms with E-state index in [0.29, 0.717) is 16.9 Å². The second-order valence-electron chi connectivity index (χ2n) is 7.08. The van der Waals surface area contributed by atoms with Crippen molar-refractivity contribution in [3.63, 3.8) is 0 Å². The SMILES string of the molecule is C[C@H]1CCCC[C@H]1N1C(=O)C(=O)N(CC(=O)NCc2ccc(F)cc2)C1=O. The lowest BCUT2D eigenvalue weighted by Gasteiger charge is -2.34. The molecule has 7 nitrogen and oxygen atoms in total. The van der Waals surface area contributed by atoms with Crippen LogP contribution in [0.3, 0.4) is 0 Å². The van der Waals surface area contributed by atoms with Crippen LogP contribution in [0, 0.1) is 11.7 Å². The number of carbonyl (C=O) groups excluding carboxylic acids is 4. The van der Waals surface area contributed by atoms with Crippen LogP contribution in [0.25, 0.3) is 0 Å². The second-order valence-corrected chi connectivity index (χ2v) is 7.08. The molecule has 1 N–H and O–H groups in total. The molecule has 8 heteroatoms. The van der Waals surface area contributed by atoms with Crippen molar-refractivity contribution in [2.24, 2.45) is 5.92 Å². The first-order valence-electron chi connectivity index (χ1n) is 9.08. The van der Waals surface area contributed by atoms with Crippen molar-refractivity contribution in [3.05, 3.63) is 35.6 Å². The van der Waals surface area contributed by atoms with Crippen LogP contribution >= 0.6 is 0 Å². The molecule has 0 unspecified atom stereocenters. The van der Waals surface area contributed by atoms with E-state index in [1.807, 2.05) is 6.92 Å². The highest BCUT2D eigenvalue weighted by Gasteiger charge is 2.49. The number of hydrogen-bond donors (Lipinski definition) is 1. The highest BCUT2D eigenvalue weighted by molar-refractivity contribution is 6.45. The standard InChI is InChI=1S/C19H22FN3O4/c1-12-4-2-3-5-15(12)23-18(26)17(25)22(19(23)27)11-16(24)21-10-13-6-8-14(20)9-7-13/h6-9,12,15H,2-5,10-11H2,1H3,(H,21,24)/t12-,15+/m0/s1. The van der Waals surface area contributed by atoms with Crippen LogP contribution in [0.5, 0.6) is 0 Å². The maximum Gasteiger partial charge on any atom is 0.334 e. The van der Waals surface area contributed by atoms with Crippen molar-refractivity contribution in [1.82, 2.24) is 15.1 Å². The van der Waals surface area contributed by atoms with Crippen molar-refractivity contribution in [2.45, 2.75) is 45.2 Å².